The molecule has 6 heteroatoms. The van der Waals surface area contributed by atoms with Crippen LogP contribution in [0.1, 0.15) is 29.6 Å². The Bertz CT molecular complexity index is 856. The summed E-state index contributed by atoms with van der Waals surface area (Å²) >= 11 is 1.71. The standard InChI is InChI=1S/C18H19N3O2S/c22-12-17-19-13-4-1-2-5-14(13)20(17)10-8-18(23)21-9-7-15(21)16-6-3-11-24-16/h1-6,11,15,22H,7-10,12H2/t15-/m1/s1. The van der Waals surface area contributed by atoms with Gasteiger partial charge in [-0.05, 0) is 30.0 Å². The number of benzene rings is 1. The summed E-state index contributed by atoms with van der Waals surface area (Å²) in [6, 6.07) is 12.2. The number of likely N-dealkylation sites (tertiary alicyclic amines) is 1. The molecular formula is C18H19N3O2S. The van der Waals surface area contributed by atoms with Crippen LogP contribution in [0.25, 0.3) is 11.0 Å². The van der Waals surface area contributed by atoms with E-state index in [2.05, 4.69) is 16.4 Å². The quantitative estimate of drug-likeness (QED) is 0.776. The van der Waals surface area contributed by atoms with Gasteiger partial charge in [0.25, 0.3) is 0 Å². The van der Waals surface area contributed by atoms with Crippen LogP contribution in [0.4, 0.5) is 0 Å². The second kappa shape index (κ2) is 6.37. The molecule has 0 radical (unpaired) electrons. The molecule has 1 aliphatic heterocycles. The lowest BCUT2D eigenvalue weighted by Gasteiger charge is -2.40. The van der Waals surface area contributed by atoms with E-state index in [-0.39, 0.29) is 18.6 Å². The number of aliphatic hydroxyl groups is 1. The van der Waals surface area contributed by atoms with E-state index in [9.17, 15) is 9.90 Å². The van der Waals surface area contributed by atoms with Crippen molar-refractivity contribution >= 4 is 28.3 Å². The van der Waals surface area contributed by atoms with Gasteiger partial charge < -0.3 is 14.6 Å². The lowest BCUT2D eigenvalue weighted by Crippen LogP contribution is -2.45. The van der Waals surface area contributed by atoms with Gasteiger partial charge in [0, 0.05) is 24.4 Å². The predicted octanol–water partition coefficient (Wildman–Crippen LogP) is 2.95. The van der Waals surface area contributed by atoms with Crippen LogP contribution in [-0.2, 0) is 17.9 Å². The first-order chi connectivity index (χ1) is 11.8. The van der Waals surface area contributed by atoms with Crippen molar-refractivity contribution in [3.63, 3.8) is 0 Å². The summed E-state index contributed by atoms with van der Waals surface area (Å²) in [6.07, 6.45) is 1.47. The normalized spacial score (nSPS) is 17.2. The lowest BCUT2D eigenvalue weighted by molar-refractivity contribution is -0.139. The third-order valence-corrected chi connectivity index (χ3v) is 5.61. The summed E-state index contributed by atoms with van der Waals surface area (Å²) in [6.45, 7) is 1.26. The molecule has 1 saturated heterocycles. The molecule has 0 bridgehead atoms. The number of hydrogen-bond acceptors (Lipinski definition) is 4. The van der Waals surface area contributed by atoms with Gasteiger partial charge in [0.15, 0.2) is 0 Å². The van der Waals surface area contributed by atoms with Crippen molar-refractivity contribution in [1.82, 2.24) is 14.5 Å². The Labute approximate surface area is 144 Å². The van der Waals surface area contributed by atoms with Crippen LogP contribution in [-0.4, -0.2) is 32.0 Å². The van der Waals surface area contributed by atoms with Crippen LogP contribution in [0.15, 0.2) is 41.8 Å². The van der Waals surface area contributed by atoms with Crippen molar-refractivity contribution in [3.8, 4) is 0 Å². The van der Waals surface area contributed by atoms with Gasteiger partial charge in [-0.2, -0.15) is 0 Å². The molecule has 1 fully saturated rings. The van der Waals surface area contributed by atoms with Crippen molar-refractivity contribution in [2.75, 3.05) is 6.54 Å². The fraction of sp³-hybridized carbons (Fsp3) is 0.333. The first-order valence-corrected chi connectivity index (χ1v) is 9.04. The molecule has 124 valence electrons. The molecule has 3 aromatic rings. The van der Waals surface area contributed by atoms with Crippen LogP contribution in [0.5, 0.6) is 0 Å². The molecule has 24 heavy (non-hydrogen) atoms. The Balaban J connectivity index is 1.48. The van der Waals surface area contributed by atoms with Crippen molar-refractivity contribution in [2.24, 2.45) is 0 Å². The summed E-state index contributed by atoms with van der Waals surface area (Å²) in [5.41, 5.74) is 1.82. The molecule has 0 spiro atoms. The van der Waals surface area contributed by atoms with Crippen molar-refractivity contribution < 1.29 is 9.90 Å². The van der Waals surface area contributed by atoms with Crippen molar-refractivity contribution in [2.45, 2.75) is 32.0 Å². The second-order valence-corrected chi connectivity index (χ2v) is 6.96. The Hall–Kier alpha value is -2.18. The van der Waals surface area contributed by atoms with E-state index in [1.165, 1.54) is 4.88 Å². The van der Waals surface area contributed by atoms with Gasteiger partial charge in [-0.25, -0.2) is 4.98 Å². The highest BCUT2D eigenvalue weighted by molar-refractivity contribution is 7.10. The molecule has 0 saturated carbocycles. The Kier molecular flexibility index (Phi) is 4.08. The Morgan fingerprint density at radius 3 is 2.88 bits per heavy atom. The van der Waals surface area contributed by atoms with Gasteiger partial charge in [-0.1, -0.05) is 18.2 Å². The average Bonchev–Trinajstić information content (AvgIpc) is 3.19. The molecule has 4 rings (SSSR count). The number of thiophene rings is 1. The summed E-state index contributed by atoms with van der Waals surface area (Å²) in [4.78, 5) is 20.3. The zero-order chi connectivity index (χ0) is 16.5. The fourth-order valence-corrected chi connectivity index (χ4v) is 4.18. The molecule has 0 unspecified atom stereocenters. The highest BCUT2D eigenvalue weighted by Crippen LogP contribution is 2.36. The summed E-state index contributed by atoms with van der Waals surface area (Å²) < 4.78 is 1.95. The zero-order valence-electron chi connectivity index (χ0n) is 13.3. The number of aromatic nitrogens is 2. The fourth-order valence-electron chi connectivity index (χ4n) is 3.31. The number of aliphatic hydroxyl groups excluding tert-OH is 1. The van der Waals surface area contributed by atoms with Crippen molar-refractivity contribution in [1.29, 1.82) is 0 Å². The van der Waals surface area contributed by atoms with Gasteiger partial charge >= 0.3 is 0 Å². The summed E-state index contributed by atoms with van der Waals surface area (Å²) in [5, 5.41) is 11.6. The number of imidazole rings is 1. The van der Waals surface area contributed by atoms with E-state index in [4.69, 9.17) is 0 Å². The molecular weight excluding hydrogens is 322 g/mol. The number of aryl methyl sites for hydroxylation is 1. The maximum Gasteiger partial charge on any atom is 0.224 e. The van der Waals surface area contributed by atoms with Crippen LogP contribution in [0.2, 0.25) is 0 Å². The van der Waals surface area contributed by atoms with E-state index in [0.717, 1.165) is 24.0 Å². The number of carbonyl (C=O) groups excluding carboxylic acids is 1. The number of carbonyl (C=O) groups is 1. The first kappa shape index (κ1) is 15.4. The van der Waals surface area contributed by atoms with Gasteiger partial charge in [-0.15, -0.1) is 11.3 Å². The largest absolute Gasteiger partial charge is 0.388 e. The third kappa shape index (κ3) is 2.61. The second-order valence-electron chi connectivity index (χ2n) is 5.98. The monoisotopic (exact) mass is 341 g/mol. The van der Waals surface area contributed by atoms with E-state index in [1.807, 2.05) is 39.8 Å². The van der Waals surface area contributed by atoms with Gasteiger partial charge in [0.05, 0.1) is 17.1 Å². The predicted molar refractivity (Wildman–Crippen MR) is 93.7 cm³/mol. The molecule has 1 amide bonds. The highest BCUT2D eigenvalue weighted by Gasteiger charge is 2.33. The SMILES string of the molecule is O=C(CCn1c(CO)nc2ccccc21)N1CC[C@@H]1c1cccs1. The smallest absolute Gasteiger partial charge is 0.224 e. The van der Waals surface area contributed by atoms with E-state index in [0.29, 0.717) is 18.8 Å². The van der Waals surface area contributed by atoms with Crippen LogP contribution in [0, 0.1) is 0 Å². The highest BCUT2D eigenvalue weighted by atomic mass is 32.1. The average molecular weight is 341 g/mol. The summed E-state index contributed by atoms with van der Waals surface area (Å²) in [7, 11) is 0. The maximum absolute atomic E-state index is 12.6. The zero-order valence-corrected chi connectivity index (χ0v) is 14.1. The minimum Gasteiger partial charge on any atom is -0.388 e. The van der Waals surface area contributed by atoms with Crippen LogP contribution < -0.4 is 0 Å². The van der Waals surface area contributed by atoms with E-state index < -0.39 is 0 Å². The van der Waals surface area contributed by atoms with E-state index in [1.54, 1.807) is 11.3 Å². The van der Waals surface area contributed by atoms with Gasteiger partial charge in [0.1, 0.15) is 12.4 Å². The summed E-state index contributed by atoms with van der Waals surface area (Å²) in [5.74, 6) is 0.781. The maximum atomic E-state index is 12.6. The lowest BCUT2D eigenvalue weighted by atomic mass is 10.0. The molecule has 0 aliphatic carbocycles. The molecule has 1 aromatic carbocycles. The molecule has 5 nitrogen and oxygen atoms in total. The van der Waals surface area contributed by atoms with Gasteiger partial charge in [0.2, 0.25) is 5.91 Å². The number of rotatable bonds is 5. The minimum absolute atomic E-state index is 0.121. The number of para-hydroxylation sites is 2. The molecule has 1 aliphatic rings. The molecule has 2 aromatic heterocycles. The Morgan fingerprint density at radius 2 is 2.17 bits per heavy atom. The van der Waals surface area contributed by atoms with Crippen LogP contribution in [0.3, 0.4) is 0 Å². The van der Waals surface area contributed by atoms with Gasteiger partial charge in [-0.3, -0.25) is 4.79 Å². The van der Waals surface area contributed by atoms with Crippen molar-refractivity contribution in [3.05, 3.63) is 52.5 Å². The third-order valence-electron chi connectivity index (χ3n) is 4.64. The number of amides is 1. The topological polar surface area (TPSA) is 58.4 Å². The van der Waals surface area contributed by atoms with Crippen LogP contribution >= 0.6 is 11.3 Å². The number of hydrogen-bond donors (Lipinski definition) is 1. The number of fused-ring (bicyclic) bond motifs is 1. The Morgan fingerprint density at radius 1 is 1.29 bits per heavy atom. The molecule has 1 atom stereocenters. The first-order valence-electron chi connectivity index (χ1n) is 8.16. The minimum atomic E-state index is -0.121. The molecule has 3 heterocycles. The number of nitrogens with zero attached hydrogens (tertiary/aromatic N) is 3. The van der Waals surface area contributed by atoms with E-state index >= 15 is 0 Å². The molecule has 1 N–H and O–H groups in total.